The van der Waals surface area contributed by atoms with E-state index in [9.17, 15) is 9.59 Å². The molecule has 0 spiro atoms. The van der Waals surface area contributed by atoms with Gasteiger partial charge in [0.15, 0.2) is 0 Å². The van der Waals surface area contributed by atoms with Crippen molar-refractivity contribution in [3.8, 4) is 0 Å². The molecule has 0 amide bonds. The molecule has 2 N–H and O–H groups in total. The number of carbonyl (C=O) groups is 2. The van der Waals surface area contributed by atoms with E-state index in [0.717, 1.165) is 43.7 Å². The zero-order valence-corrected chi connectivity index (χ0v) is 16.4. The van der Waals surface area contributed by atoms with Gasteiger partial charge in [0.1, 0.15) is 12.4 Å². The number of nitrogens with zero attached hydrogens (tertiary/aromatic N) is 4. The molecule has 0 aromatic heterocycles. The molecular formula is C20H26N4O5. The van der Waals surface area contributed by atoms with Crippen molar-refractivity contribution in [1.82, 2.24) is 9.80 Å². The van der Waals surface area contributed by atoms with Crippen molar-refractivity contribution in [3.05, 3.63) is 42.5 Å². The van der Waals surface area contributed by atoms with Crippen LogP contribution in [0.3, 0.4) is 0 Å². The minimum Gasteiger partial charge on any atom is -0.478 e. The molecular weight excluding hydrogens is 376 g/mol. The van der Waals surface area contributed by atoms with Gasteiger partial charge in [-0.2, -0.15) is 4.99 Å². The van der Waals surface area contributed by atoms with Crippen LogP contribution in [-0.4, -0.2) is 83.6 Å². The zero-order valence-electron chi connectivity index (χ0n) is 16.4. The van der Waals surface area contributed by atoms with Gasteiger partial charge in [-0.3, -0.25) is 0 Å². The Bertz CT molecular complexity index is 754. The molecule has 2 saturated heterocycles. The number of hydrogen-bond donors (Lipinski definition) is 2. The quantitative estimate of drug-likeness (QED) is 0.450. The van der Waals surface area contributed by atoms with Crippen LogP contribution in [-0.2, 0) is 14.3 Å². The fraction of sp³-hybridized carbons (Fsp3) is 0.400. The number of hydrogen-bond acceptors (Lipinski definition) is 4. The van der Waals surface area contributed by atoms with Gasteiger partial charge in [0.05, 0.1) is 12.3 Å². The second-order valence-corrected chi connectivity index (χ2v) is 6.45. The molecule has 0 radical (unpaired) electrons. The summed E-state index contributed by atoms with van der Waals surface area (Å²) in [7, 11) is 2.06. The first-order valence-corrected chi connectivity index (χ1v) is 9.35. The smallest absolute Gasteiger partial charge is 0.328 e. The summed E-state index contributed by atoms with van der Waals surface area (Å²) < 4.78 is 5.52. The number of likely N-dealkylation sites (N-methyl/N-ethyl adjacent to an activating group) is 1. The molecule has 156 valence electrons. The highest BCUT2D eigenvalue weighted by molar-refractivity contribution is 5.97. The minimum absolute atomic E-state index is 0.558. The number of likely N-dealkylation sites (tertiary alicyclic amines) is 1. The number of carboxylic acids is 2. The lowest BCUT2D eigenvalue weighted by Gasteiger charge is -2.27. The van der Waals surface area contributed by atoms with Crippen molar-refractivity contribution in [1.29, 1.82) is 0 Å². The lowest BCUT2D eigenvalue weighted by Crippen LogP contribution is -2.40. The molecule has 29 heavy (non-hydrogen) atoms. The molecule has 9 nitrogen and oxygen atoms in total. The molecule has 0 aliphatic carbocycles. The third kappa shape index (κ3) is 8.14. The maximum Gasteiger partial charge on any atom is 0.328 e. The van der Waals surface area contributed by atoms with Crippen molar-refractivity contribution in [2.45, 2.75) is 12.8 Å². The second kappa shape index (κ2) is 11.6. The number of guanidine groups is 1. The van der Waals surface area contributed by atoms with Crippen LogP contribution in [0.1, 0.15) is 12.8 Å². The van der Waals surface area contributed by atoms with Gasteiger partial charge in [-0.25, -0.2) is 14.6 Å². The average Bonchev–Trinajstić information content (AvgIpc) is 3.24. The standard InChI is InChI=1S/C16H22N4O.C4H4O4/c1-19-11-12-21-13-15(19)18-16(20-9-5-6-10-20)17-14-7-3-2-4-8-14;5-3(6)1-2-4(7)8/h2-4,7-8H,5-6,9-13H2,1H3;1-2H,(H,5,6)(H,7,8). The Morgan fingerprint density at radius 3 is 2.21 bits per heavy atom. The number of rotatable bonds is 3. The normalized spacial score (nSPS) is 18.7. The predicted molar refractivity (Wildman–Crippen MR) is 110 cm³/mol. The Kier molecular flexibility index (Phi) is 8.84. The van der Waals surface area contributed by atoms with Crippen LogP contribution in [0.2, 0.25) is 0 Å². The van der Waals surface area contributed by atoms with Crippen LogP contribution in [0.5, 0.6) is 0 Å². The molecule has 3 rings (SSSR count). The van der Waals surface area contributed by atoms with E-state index in [2.05, 4.69) is 16.8 Å². The number of carboxylic acid groups (broad SMARTS) is 2. The first kappa shape index (κ1) is 22.1. The van der Waals surface area contributed by atoms with Crippen LogP contribution >= 0.6 is 0 Å². The molecule has 2 fully saturated rings. The molecule has 9 heteroatoms. The minimum atomic E-state index is -1.26. The van der Waals surface area contributed by atoms with E-state index in [0.29, 0.717) is 18.8 Å². The summed E-state index contributed by atoms with van der Waals surface area (Å²) in [6.45, 7) is 4.29. The van der Waals surface area contributed by atoms with E-state index in [1.165, 1.54) is 12.8 Å². The molecule has 1 aromatic rings. The Balaban J connectivity index is 0.000000321. The predicted octanol–water partition coefficient (Wildman–Crippen LogP) is 1.84. The van der Waals surface area contributed by atoms with Crippen molar-refractivity contribution >= 4 is 29.4 Å². The summed E-state index contributed by atoms with van der Waals surface area (Å²) in [6.07, 6.45) is 3.54. The van der Waals surface area contributed by atoms with Crippen LogP contribution < -0.4 is 0 Å². The summed E-state index contributed by atoms with van der Waals surface area (Å²) in [4.78, 5) is 33.1. The summed E-state index contributed by atoms with van der Waals surface area (Å²) in [5.41, 5.74) is 0.947. The first-order chi connectivity index (χ1) is 14.0. The summed E-state index contributed by atoms with van der Waals surface area (Å²) in [5, 5.41) is 15.6. The largest absolute Gasteiger partial charge is 0.478 e. The maximum atomic E-state index is 9.55. The third-order valence-corrected chi connectivity index (χ3v) is 4.21. The second-order valence-electron chi connectivity index (χ2n) is 6.45. The molecule has 2 heterocycles. The SMILES string of the molecule is CN1CCOCC1=NC(=Nc1ccccc1)N1CCCC1.O=C(O)C=CC(=O)O. The van der Waals surface area contributed by atoms with Crippen LogP contribution in [0.15, 0.2) is 52.5 Å². The Labute approximate surface area is 169 Å². The number of aliphatic imine (C=N–C) groups is 2. The third-order valence-electron chi connectivity index (χ3n) is 4.21. The highest BCUT2D eigenvalue weighted by Gasteiger charge is 2.19. The van der Waals surface area contributed by atoms with E-state index in [1.54, 1.807) is 0 Å². The zero-order chi connectivity index (χ0) is 21.1. The monoisotopic (exact) mass is 402 g/mol. The van der Waals surface area contributed by atoms with Gasteiger partial charge >= 0.3 is 11.9 Å². The van der Waals surface area contributed by atoms with Crippen LogP contribution in [0, 0.1) is 0 Å². The highest BCUT2D eigenvalue weighted by atomic mass is 16.5. The summed E-state index contributed by atoms with van der Waals surface area (Å²) >= 11 is 0. The fourth-order valence-corrected chi connectivity index (χ4v) is 2.68. The van der Waals surface area contributed by atoms with Crippen LogP contribution in [0.4, 0.5) is 5.69 Å². The van der Waals surface area contributed by atoms with E-state index in [4.69, 9.17) is 24.9 Å². The Morgan fingerprint density at radius 2 is 1.66 bits per heavy atom. The Hall–Kier alpha value is -3.20. The van der Waals surface area contributed by atoms with Gasteiger partial charge in [-0.1, -0.05) is 18.2 Å². The van der Waals surface area contributed by atoms with Crippen molar-refractivity contribution in [2.75, 3.05) is 39.9 Å². The maximum absolute atomic E-state index is 9.55. The topological polar surface area (TPSA) is 115 Å². The fourth-order valence-electron chi connectivity index (χ4n) is 2.68. The molecule has 1 aromatic carbocycles. The number of aliphatic carboxylic acids is 2. The molecule has 2 aliphatic heterocycles. The van der Waals surface area contributed by atoms with Gasteiger partial charge in [-0.15, -0.1) is 0 Å². The van der Waals surface area contributed by atoms with Gasteiger partial charge in [0.2, 0.25) is 5.96 Å². The Morgan fingerprint density at radius 1 is 1.03 bits per heavy atom. The number of benzene rings is 1. The lowest BCUT2D eigenvalue weighted by atomic mass is 10.3. The highest BCUT2D eigenvalue weighted by Crippen LogP contribution is 2.16. The molecule has 0 saturated carbocycles. The first-order valence-electron chi connectivity index (χ1n) is 9.35. The molecule has 0 bridgehead atoms. The van der Waals surface area contributed by atoms with Gasteiger partial charge in [-0.05, 0) is 25.0 Å². The lowest BCUT2D eigenvalue weighted by molar-refractivity contribution is -0.134. The summed E-state index contributed by atoms with van der Waals surface area (Å²) in [6, 6.07) is 10.0. The number of amidine groups is 1. The van der Waals surface area contributed by atoms with Crippen molar-refractivity contribution in [2.24, 2.45) is 9.98 Å². The van der Waals surface area contributed by atoms with E-state index >= 15 is 0 Å². The van der Waals surface area contributed by atoms with E-state index in [-0.39, 0.29) is 0 Å². The van der Waals surface area contributed by atoms with Gasteiger partial charge in [0, 0.05) is 38.8 Å². The summed E-state index contributed by atoms with van der Waals surface area (Å²) in [5.74, 6) is -0.742. The molecule has 0 unspecified atom stereocenters. The number of ether oxygens (including phenoxy) is 1. The molecule has 0 atom stereocenters. The number of para-hydroxylation sites is 1. The van der Waals surface area contributed by atoms with E-state index < -0.39 is 11.9 Å². The molecule has 2 aliphatic rings. The van der Waals surface area contributed by atoms with E-state index in [1.807, 2.05) is 30.3 Å². The van der Waals surface area contributed by atoms with Gasteiger partial charge in [0.25, 0.3) is 0 Å². The van der Waals surface area contributed by atoms with Crippen molar-refractivity contribution in [3.63, 3.8) is 0 Å². The van der Waals surface area contributed by atoms with Crippen molar-refractivity contribution < 1.29 is 24.5 Å². The number of morpholine rings is 1. The van der Waals surface area contributed by atoms with Gasteiger partial charge < -0.3 is 24.7 Å². The average molecular weight is 402 g/mol. The van der Waals surface area contributed by atoms with Crippen LogP contribution in [0.25, 0.3) is 0 Å².